The molecular weight excluding hydrogens is 224 g/mol. The first kappa shape index (κ1) is 9.41. The fourth-order valence-electron chi connectivity index (χ4n) is 2.23. The number of benzene rings is 2. The minimum absolute atomic E-state index is 1.05. The highest BCUT2D eigenvalue weighted by atomic mass is 15.1. The van der Waals surface area contributed by atoms with E-state index in [2.05, 4.69) is 56.8 Å². The van der Waals surface area contributed by atoms with E-state index in [0.29, 0.717) is 0 Å². The number of fused-ring (bicyclic) bond motifs is 2. The molecule has 0 unspecified atom stereocenters. The Morgan fingerprint density at radius 1 is 0.667 bits per heavy atom. The van der Waals surface area contributed by atoms with Crippen LogP contribution in [0.2, 0.25) is 0 Å². The van der Waals surface area contributed by atoms with Crippen LogP contribution in [0.25, 0.3) is 32.9 Å². The molecule has 0 fully saturated rings. The van der Waals surface area contributed by atoms with Gasteiger partial charge in [-0.05, 0) is 23.3 Å². The Balaban J connectivity index is 1.93. The highest BCUT2D eigenvalue weighted by Gasteiger charge is 2.03. The van der Waals surface area contributed by atoms with Crippen molar-refractivity contribution in [2.75, 3.05) is 0 Å². The highest BCUT2D eigenvalue weighted by molar-refractivity contribution is 5.87. The molecule has 0 aliphatic rings. The van der Waals surface area contributed by atoms with Crippen molar-refractivity contribution in [2.24, 2.45) is 0 Å². The Morgan fingerprint density at radius 3 is 1.67 bits per heavy atom. The first-order chi connectivity index (χ1) is 8.90. The molecule has 4 nitrogen and oxygen atoms in total. The van der Waals surface area contributed by atoms with Crippen molar-refractivity contribution in [1.29, 1.82) is 0 Å². The average molecular weight is 234 g/mol. The van der Waals surface area contributed by atoms with E-state index in [4.69, 9.17) is 0 Å². The zero-order valence-electron chi connectivity index (χ0n) is 9.51. The normalized spacial score (nSPS) is 11.3. The first-order valence-corrected chi connectivity index (χ1v) is 5.77. The van der Waals surface area contributed by atoms with Crippen molar-refractivity contribution in [3.8, 4) is 11.1 Å². The lowest BCUT2D eigenvalue weighted by Gasteiger charge is -2.02. The maximum absolute atomic E-state index is 4.04. The van der Waals surface area contributed by atoms with Gasteiger partial charge in [0.05, 0.1) is 23.4 Å². The van der Waals surface area contributed by atoms with Crippen LogP contribution in [0.15, 0.2) is 48.8 Å². The molecular formula is C14H10N4. The Kier molecular flexibility index (Phi) is 1.80. The number of nitrogens with zero attached hydrogens (tertiary/aromatic N) is 2. The topological polar surface area (TPSA) is 57.4 Å². The molecule has 0 aliphatic carbocycles. The van der Waals surface area contributed by atoms with Crippen LogP contribution >= 0.6 is 0 Å². The molecule has 0 saturated heterocycles. The van der Waals surface area contributed by atoms with Crippen LogP contribution in [-0.2, 0) is 0 Å². The molecule has 0 aliphatic heterocycles. The van der Waals surface area contributed by atoms with Gasteiger partial charge in [-0.1, -0.05) is 24.3 Å². The summed E-state index contributed by atoms with van der Waals surface area (Å²) in [6, 6.07) is 12.6. The molecule has 0 radical (unpaired) electrons. The summed E-state index contributed by atoms with van der Waals surface area (Å²) in [7, 11) is 0. The predicted octanol–water partition coefficient (Wildman–Crippen LogP) is 3.11. The summed E-state index contributed by atoms with van der Waals surface area (Å²) in [5, 5.41) is 16.3. The van der Waals surface area contributed by atoms with Gasteiger partial charge in [-0.15, -0.1) is 0 Å². The second kappa shape index (κ2) is 3.43. The smallest absolute Gasteiger partial charge is 0.0656 e. The molecule has 2 heterocycles. The second-order valence-electron chi connectivity index (χ2n) is 4.34. The minimum atomic E-state index is 1.05. The molecule has 2 aromatic heterocycles. The molecule has 86 valence electrons. The van der Waals surface area contributed by atoms with Crippen molar-refractivity contribution in [1.82, 2.24) is 20.4 Å². The van der Waals surface area contributed by atoms with Crippen LogP contribution in [-0.4, -0.2) is 20.4 Å². The highest BCUT2D eigenvalue weighted by Crippen LogP contribution is 2.25. The predicted molar refractivity (Wildman–Crippen MR) is 71.2 cm³/mol. The standard InChI is InChI=1S/C14H10N4/c1-3-11-7-15-17-13(11)5-9(1)10-2-4-12-8-16-18-14(12)6-10/h1-8H,(H,15,17)(H,16,18). The van der Waals surface area contributed by atoms with Gasteiger partial charge in [0, 0.05) is 10.8 Å². The lowest BCUT2D eigenvalue weighted by atomic mass is 10.0. The number of aromatic nitrogens is 4. The monoisotopic (exact) mass is 234 g/mol. The van der Waals surface area contributed by atoms with Crippen molar-refractivity contribution < 1.29 is 0 Å². The molecule has 4 rings (SSSR count). The summed E-state index contributed by atoms with van der Waals surface area (Å²) < 4.78 is 0. The van der Waals surface area contributed by atoms with E-state index in [1.165, 1.54) is 11.1 Å². The molecule has 2 aromatic carbocycles. The van der Waals surface area contributed by atoms with Gasteiger partial charge in [-0.3, -0.25) is 10.2 Å². The zero-order valence-corrected chi connectivity index (χ0v) is 9.51. The zero-order chi connectivity index (χ0) is 11.9. The van der Waals surface area contributed by atoms with Crippen LogP contribution in [0, 0.1) is 0 Å². The van der Waals surface area contributed by atoms with E-state index >= 15 is 0 Å². The number of rotatable bonds is 1. The van der Waals surface area contributed by atoms with Crippen molar-refractivity contribution in [2.45, 2.75) is 0 Å². The second-order valence-corrected chi connectivity index (χ2v) is 4.34. The Hall–Kier alpha value is -2.62. The lowest BCUT2D eigenvalue weighted by molar-refractivity contribution is 1.12. The number of hydrogen-bond acceptors (Lipinski definition) is 2. The third-order valence-electron chi connectivity index (χ3n) is 3.22. The molecule has 0 bridgehead atoms. The van der Waals surface area contributed by atoms with Gasteiger partial charge < -0.3 is 0 Å². The molecule has 0 spiro atoms. The van der Waals surface area contributed by atoms with E-state index in [1.807, 2.05) is 12.4 Å². The van der Waals surface area contributed by atoms with Crippen LogP contribution in [0.5, 0.6) is 0 Å². The largest absolute Gasteiger partial charge is 0.278 e. The molecule has 2 N–H and O–H groups in total. The number of hydrogen-bond donors (Lipinski definition) is 2. The van der Waals surface area contributed by atoms with Gasteiger partial charge >= 0.3 is 0 Å². The SMILES string of the molecule is c1cc2cn[nH]c2cc1-c1ccc2cn[nH]c2c1. The molecule has 18 heavy (non-hydrogen) atoms. The third-order valence-corrected chi connectivity index (χ3v) is 3.22. The fraction of sp³-hybridized carbons (Fsp3) is 0. The van der Waals surface area contributed by atoms with E-state index < -0.39 is 0 Å². The van der Waals surface area contributed by atoms with Gasteiger partial charge in [-0.25, -0.2) is 0 Å². The average Bonchev–Trinajstić information content (AvgIpc) is 3.05. The van der Waals surface area contributed by atoms with Crippen LogP contribution < -0.4 is 0 Å². The van der Waals surface area contributed by atoms with Crippen molar-refractivity contribution in [3.05, 3.63) is 48.8 Å². The van der Waals surface area contributed by atoms with Gasteiger partial charge in [0.25, 0.3) is 0 Å². The van der Waals surface area contributed by atoms with E-state index in [0.717, 1.165) is 21.8 Å². The van der Waals surface area contributed by atoms with E-state index in [9.17, 15) is 0 Å². The third kappa shape index (κ3) is 1.32. The Bertz CT molecular complexity index is 769. The lowest BCUT2D eigenvalue weighted by Crippen LogP contribution is -1.79. The van der Waals surface area contributed by atoms with Gasteiger partial charge in [-0.2, -0.15) is 10.2 Å². The Labute approximate surface area is 103 Å². The number of H-pyrrole nitrogens is 2. The van der Waals surface area contributed by atoms with Crippen molar-refractivity contribution >= 4 is 21.8 Å². The Morgan fingerprint density at radius 2 is 1.17 bits per heavy atom. The summed E-state index contributed by atoms with van der Waals surface area (Å²) in [5.41, 5.74) is 4.45. The molecule has 0 amide bonds. The maximum Gasteiger partial charge on any atom is 0.0656 e. The van der Waals surface area contributed by atoms with Crippen molar-refractivity contribution in [3.63, 3.8) is 0 Å². The summed E-state index contributed by atoms with van der Waals surface area (Å²) >= 11 is 0. The van der Waals surface area contributed by atoms with Crippen LogP contribution in [0.3, 0.4) is 0 Å². The van der Waals surface area contributed by atoms with E-state index in [-0.39, 0.29) is 0 Å². The van der Waals surface area contributed by atoms with Crippen LogP contribution in [0.1, 0.15) is 0 Å². The fourth-order valence-corrected chi connectivity index (χ4v) is 2.23. The first-order valence-electron chi connectivity index (χ1n) is 5.77. The summed E-state index contributed by atoms with van der Waals surface area (Å²) in [4.78, 5) is 0. The summed E-state index contributed by atoms with van der Waals surface area (Å²) in [5.74, 6) is 0. The maximum atomic E-state index is 4.04. The molecule has 0 atom stereocenters. The van der Waals surface area contributed by atoms with Gasteiger partial charge in [0.15, 0.2) is 0 Å². The number of nitrogens with one attached hydrogen (secondary N) is 2. The molecule has 4 heteroatoms. The van der Waals surface area contributed by atoms with Crippen LogP contribution in [0.4, 0.5) is 0 Å². The van der Waals surface area contributed by atoms with E-state index in [1.54, 1.807) is 0 Å². The molecule has 4 aromatic rings. The van der Waals surface area contributed by atoms with Gasteiger partial charge in [0.1, 0.15) is 0 Å². The summed E-state index contributed by atoms with van der Waals surface area (Å²) in [6.07, 6.45) is 3.66. The quantitative estimate of drug-likeness (QED) is 0.531. The minimum Gasteiger partial charge on any atom is -0.278 e. The summed E-state index contributed by atoms with van der Waals surface area (Å²) in [6.45, 7) is 0. The number of aromatic amines is 2. The van der Waals surface area contributed by atoms with Gasteiger partial charge in [0.2, 0.25) is 0 Å². The molecule has 0 saturated carbocycles.